The van der Waals surface area contributed by atoms with Crippen LogP contribution in [0, 0.1) is 6.92 Å². The molecule has 3 aromatic rings. The lowest BCUT2D eigenvalue weighted by Gasteiger charge is -2.04. The van der Waals surface area contributed by atoms with Crippen LogP contribution in [0.4, 0.5) is 0 Å². The van der Waals surface area contributed by atoms with E-state index in [1.54, 1.807) is 7.11 Å². The molecule has 0 radical (unpaired) electrons. The number of ether oxygens (including phenoxy) is 1. The molecule has 0 atom stereocenters. The van der Waals surface area contributed by atoms with Crippen LogP contribution < -0.4 is 10.1 Å². The van der Waals surface area contributed by atoms with E-state index in [9.17, 15) is 4.79 Å². The van der Waals surface area contributed by atoms with Crippen LogP contribution in [0.25, 0.3) is 11.5 Å². The molecule has 2 aromatic carbocycles. The van der Waals surface area contributed by atoms with Crippen LogP contribution in [0.5, 0.6) is 5.75 Å². The van der Waals surface area contributed by atoms with Crippen molar-refractivity contribution in [3.8, 4) is 17.2 Å². The number of aromatic nitrogens is 1. The molecule has 0 fully saturated rings. The molecule has 0 aliphatic rings. The normalized spacial score (nSPS) is 10.5. The van der Waals surface area contributed by atoms with Gasteiger partial charge in [-0.1, -0.05) is 30.3 Å². The molecule has 5 nitrogen and oxygen atoms in total. The molecule has 0 aliphatic carbocycles. The van der Waals surface area contributed by atoms with Crippen LogP contribution in [0.1, 0.15) is 17.0 Å². The van der Waals surface area contributed by atoms with Gasteiger partial charge < -0.3 is 14.5 Å². The summed E-state index contributed by atoms with van der Waals surface area (Å²) in [4.78, 5) is 16.6. The Kier molecular flexibility index (Phi) is 5.69. The maximum Gasteiger partial charge on any atom is 0.226 e. The van der Waals surface area contributed by atoms with Crippen molar-refractivity contribution >= 4 is 5.91 Å². The van der Waals surface area contributed by atoms with Gasteiger partial charge in [0.25, 0.3) is 0 Å². The van der Waals surface area contributed by atoms with Gasteiger partial charge in [0.05, 0.1) is 19.2 Å². The van der Waals surface area contributed by atoms with Crippen LogP contribution >= 0.6 is 0 Å². The van der Waals surface area contributed by atoms with Crippen LogP contribution in [-0.4, -0.2) is 24.5 Å². The summed E-state index contributed by atoms with van der Waals surface area (Å²) in [5, 5.41) is 2.93. The molecule has 0 unspecified atom stereocenters. The first-order valence-electron chi connectivity index (χ1n) is 8.57. The summed E-state index contributed by atoms with van der Waals surface area (Å²) >= 11 is 0. The Bertz CT molecular complexity index is 855. The van der Waals surface area contributed by atoms with E-state index in [4.69, 9.17) is 9.15 Å². The topological polar surface area (TPSA) is 64.4 Å². The Morgan fingerprint density at radius 1 is 1.12 bits per heavy atom. The van der Waals surface area contributed by atoms with Crippen LogP contribution in [0.2, 0.25) is 0 Å². The van der Waals surface area contributed by atoms with Crippen molar-refractivity contribution in [2.75, 3.05) is 13.7 Å². The lowest BCUT2D eigenvalue weighted by molar-refractivity contribution is -0.120. The first-order valence-corrected chi connectivity index (χ1v) is 8.57. The van der Waals surface area contributed by atoms with E-state index in [0.29, 0.717) is 23.9 Å². The van der Waals surface area contributed by atoms with Gasteiger partial charge in [-0.05, 0) is 43.2 Å². The van der Waals surface area contributed by atoms with Crippen LogP contribution in [0.3, 0.4) is 0 Å². The Labute approximate surface area is 153 Å². The maximum absolute atomic E-state index is 12.2. The lowest BCUT2D eigenvalue weighted by Crippen LogP contribution is -2.27. The SMILES string of the molecule is COc1ccc(-c2nc(CC(=O)NCCc3ccccc3)c(C)o2)cc1. The molecule has 1 N–H and O–H groups in total. The van der Waals surface area contributed by atoms with Crippen molar-refractivity contribution in [2.45, 2.75) is 19.8 Å². The minimum absolute atomic E-state index is 0.0568. The first-order chi connectivity index (χ1) is 12.7. The van der Waals surface area contributed by atoms with E-state index >= 15 is 0 Å². The average molecular weight is 350 g/mol. The summed E-state index contributed by atoms with van der Waals surface area (Å²) < 4.78 is 10.9. The van der Waals surface area contributed by atoms with Gasteiger partial charge in [0.1, 0.15) is 11.5 Å². The van der Waals surface area contributed by atoms with Crippen molar-refractivity contribution in [2.24, 2.45) is 0 Å². The highest BCUT2D eigenvalue weighted by Crippen LogP contribution is 2.24. The van der Waals surface area contributed by atoms with Crippen molar-refractivity contribution < 1.29 is 13.9 Å². The number of carbonyl (C=O) groups excluding carboxylic acids is 1. The highest BCUT2D eigenvalue weighted by atomic mass is 16.5. The number of nitrogens with zero attached hydrogens (tertiary/aromatic N) is 1. The van der Waals surface area contributed by atoms with Crippen LogP contribution in [0.15, 0.2) is 59.0 Å². The zero-order chi connectivity index (χ0) is 18.4. The smallest absolute Gasteiger partial charge is 0.226 e. The quantitative estimate of drug-likeness (QED) is 0.708. The fourth-order valence-electron chi connectivity index (χ4n) is 2.65. The van der Waals surface area contributed by atoms with Crippen molar-refractivity contribution in [3.63, 3.8) is 0 Å². The number of nitrogens with one attached hydrogen (secondary N) is 1. The van der Waals surface area contributed by atoms with Gasteiger partial charge >= 0.3 is 0 Å². The largest absolute Gasteiger partial charge is 0.497 e. The van der Waals surface area contributed by atoms with Crippen molar-refractivity contribution in [3.05, 3.63) is 71.6 Å². The predicted molar refractivity (Wildman–Crippen MR) is 100 cm³/mol. The molecule has 1 heterocycles. The molecule has 26 heavy (non-hydrogen) atoms. The molecule has 1 aromatic heterocycles. The highest BCUT2D eigenvalue weighted by Gasteiger charge is 2.14. The van der Waals surface area contributed by atoms with Gasteiger partial charge in [-0.25, -0.2) is 4.98 Å². The number of rotatable bonds is 7. The molecule has 0 aliphatic heterocycles. The lowest BCUT2D eigenvalue weighted by atomic mass is 10.1. The Hall–Kier alpha value is -3.08. The van der Waals surface area contributed by atoms with Gasteiger partial charge in [-0.3, -0.25) is 4.79 Å². The monoisotopic (exact) mass is 350 g/mol. The van der Waals surface area contributed by atoms with E-state index in [1.807, 2.05) is 49.4 Å². The number of benzene rings is 2. The molecule has 1 amide bonds. The second-order valence-corrected chi connectivity index (χ2v) is 6.01. The third kappa shape index (κ3) is 4.51. The minimum Gasteiger partial charge on any atom is -0.497 e. The zero-order valence-corrected chi connectivity index (χ0v) is 15.0. The van der Waals surface area contributed by atoms with Gasteiger partial charge in [-0.2, -0.15) is 0 Å². The Morgan fingerprint density at radius 2 is 1.85 bits per heavy atom. The van der Waals surface area contributed by atoms with Gasteiger partial charge in [0.15, 0.2) is 0 Å². The third-order valence-electron chi connectivity index (χ3n) is 4.14. The summed E-state index contributed by atoms with van der Waals surface area (Å²) in [6.45, 7) is 2.43. The van der Waals surface area contributed by atoms with E-state index in [0.717, 1.165) is 17.7 Å². The van der Waals surface area contributed by atoms with E-state index in [2.05, 4.69) is 22.4 Å². The molecule has 5 heteroatoms. The molecule has 134 valence electrons. The summed E-state index contributed by atoms with van der Waals surface area (Å²) in [6.07, 6.45) is 1.02. The summed E-state index contributed by atoms with van der Waals surface area (Å²) in [5.41, 5.74) is 2.71. The number of oxazole rings is 1. The van der Waals surface area contributed by atoms with E-state index < -0.39 is 0 Å². The van der Waals surface area contributed by atoms with Crippen molar-refractivity contribution in [1.82, 2.24) is 10.3 Å². The minimum atomic E-state index is -0.0568. The third-order valence-corrected chi connectivity index (χ3v) is 4.14. The average Bonchev–Trinajstić information content (AvgIpc) is 3.03. The summed E-state index contributed by atoms with van der Waals surface area (Å²) in [7, 11) is 1.62. The fraction of sp³-hybridized carbons (Fsp3) is 0.238. The molecular formula is C21H22N2O3. The van der Waals surface area contributed by atoms with Gasteiger partial charge in [-0.15, -0.1) is 0 Å². The summed E-state index contributed by atoms with van der Waals surface area (Å²) in [6, 6.07) is 17.5. The number of aryl methyl sites for hydroxylation is 1. The summed E-state index contributed by atoms with van der Waals surface area (Å²) in [5.74, 6) is 1.89. The molecule has 0 saturated carbocycles. The first kappa shape index (κ1) is 17.7. The molecule has 0 saturated heterocycles. The van der Waals surface area contributed by atoms with Crippen LogP contribution in [-0.2, 0) is 17.6 Å². The standard InChI is InChI=1S/C21H22N2O3/c1-15-19(14-20(24)22-13-12-16-6-4-3-5-7-16)23-21(26-15)17-8-10-18(25-2)11-9-17/h3-11H,12-14H2,1-2H3,(H,22,24). The highest BCUT2D eigenvalue weighted by molar-refractivity contribution is 5.78. The zero-order valence-electron chi connectivity index (χ0n) is 15.0. The second-order valence-electron chi connectivity index (χ2n) is 6.01. The molecule has 0 spiro atoms. The maximum atomic E-state index is 12.2. The van der Waals surface area contributed by atoms with Gasteiger partial charge in [0, 0.05) is 12.1 Å². The molecule has 3 rings (SSSR count). The second kappa shape index (κ2) is 8.34. The van der Waals surface area contributed by atoms with E-state index in [1.165, 1.54) is 5.56 Å². The fourth-order valence-corrected chi connectivity index (χ4v) is 2.65. The Balaban J connectivity index is 1.57. The number of amides is 1. The number of methoxy groups -OCH3 is 1. The van der Waals surface area contributed by atoms with E-state index in [-0.39, 0.29) is 12.3 Å². The Morgan fingerprint density at radius 3 is 2.54 bits per heavy atom. The number of hydrogen-bond acceptors (Lipinski definition) is 4. The predicted octanol–water partition coefficient (Wildman–Crippen LogP) is 3.56. The molecule has 0 bridgehead atoms. The van der Waals surface area contributed by atoms with Crippen molar-refractivity contribution in [1.29, 1.82) is 0 Å². The number of hydrogen-bond donors (Lipinski definition) is 1. The number of carbonyl (C=O) groups is 1. The van der Waals surface area contributed by atoms with Gasteiger partial charge in [0.2, 0.25) is 11.8 Å². The molecular weight excluding hydrogens is 328 g/mol.